The summed E-state index contributed by atoms with van der Waals surface area (Å²) < 4.78 is 5.26. The van der Waals surface area contributed by atoms with Crippen LogP contribution in [0.3, 0.4) is 0 Å². The van der Waals surface area contributed by atoms with E-state index < -0.39 is 11.5 Å². The third-order valence-electron chi connectivity index (χ3n) is 3.75. The van der Waals surface area contributed by atoms with Gasteiger partial charge in [0.05, 0.1) is 6.33 Å². The summed E-state index contributed by atoms with van der Waals surface area (Å²) in [5, 5.41) is 0. The van der Waals surface area contributed by atoms with E-state index in [0.717, 1.165) is 22.8 Å². The van der Waals surface area contributed by atoms with E-state index >= 15 is 0 Å². The van der Waals surface area contributed by atoms with Gasteiger partial charge in [0.15, 0.2) is 5.69 Å². The molecule has 1 aromatic carbocycles. The maximum Gasteiger partial charge on any atom is 0.273 e. The van der Waals surface area contributed by atoms with Gasteiger partial charge >= 0.3 is 0 Å². The molecule has 0 spiro atoms. The highest BCUT2D eigenvalue weighted by atomic mass is 32.1. The lowest BCUT2D eigenvalue weighted by atomic mass is 10.2. The van der Waals surface area contributed by atoms with Crippen molar-refractivity contribution in [2.45, 2.75) is 13.5 Å². The van der Waals surface area contributed by atoms with Crippen molar-refractivity contribution < 1.29 is 9.59 Å². The Morgan fingerprint density at radius 3 is 2.80 bits per heavy atom. The van der Waals surface area contributed by atoms with Crippen LogP contribution in [0.2, 0.25) is 0 Å². The Labute approximate surface area is 146 Å². The summed E-state index contributed by atoms with van der Waals surface area (Å²) in [6, 6.07) is 7.49. The van der Waals surface area contributed by atoms with Crippen LogP contribution in [0.1, 0.15) is 16.1 Å². The van der Waals surface area contributed by atoms with Gasteiger partial charge in [0.25, 0.3) is 11.5 Å². The van der Waals surface area contributed by atoms with Crippen molar-refractivity contribution in [2.24, 2.45) is 5.73 Å². The van der Waals surface area contributed by atoms with Crippen LogP contribution in [0, 0.1) is 6.92 Å². The maximum absolute atomic E-state index is 12.5. The molecular formula is C16H15N5O3S. The van der Waals surface area contributed by atoms with Crippen molar-refractivity contribution in [3.8, 4) is 0 Å². The van der Waals surface area contributed by atoms with Gasteiger partial charge < -0.3 is 10.6 Å². The molecular weight excluding hydrogens is 342 g/mol. The first-order valence-electron chi connectivity index (χ1n) is 7.36. The zero-order valence-corrected chi connectivity index (χ0v) is 14.4. The lowest BCUT2D eigenvalue weighted by molar-refractivity contribution is -0.118. The molecule has 0 saturated heterocycles. The number of hydrogen-bond donors (Lipinski definition) is 1. The Morgan fingerprint density at radius 1 is 1.36 bits per heavy atom. The van der Waals surface area contributed by atoms with E-state index in [-0.39, 0.29) is 28.4 Å². The molecule has 2 N–H and O–H groups in total. The van der Waals surface area contributed by atoms with Crippen LogP contribution < -0.4 is 16.2 Å². The van der Waals surface area contributed by atoms with Crippen LogP contribution in [0.25, 0.3) is 10.2 Å². The molecule has 3 rings (SSSR count). The minimum absolute atomic E-state index is 0.0348. The molecule has 0 aliphatic rings. The van der Waals surface area contributed by atoms with Crippen LogP contribution in [0.5, 0.6) is 0 Å². The molecule has 9 heteroatoms. The van der Waals surface area contributed by atoms with E-state index in [4.69, 9.17) is 5.73 Å². The SMILES string of the molecule is Cc1cccc(N(C)C(=O)Cn2cnc3c(C(N)=O)nsc3c2=O)c1. The number of likely N-dealkylation sites (N-methyl/N-ethyl adjacent to an activating group) is 1. The van der Waals surface area contributed by atoms with Crippen molar-refractivity contribution in [1.82, 2.24) is 13.9 Å². The van der Waals surface area contributed by atoms with Crippen LogP contribution >= 0.6 is 11.5 Å². The second kappa shape index (κ2) is 6.44. The van der Waals surface area contributed by atoms with Crippen LogP contribution in [-0.4, -0.2) is 32.8 Å². The number of carbonyl (C=O) groups excluding carboxylic acids is 2. The van der Waals surface area contributed by atoms with Crippen molar-refractivity contribution in [3.05, 3.63) is 52.2 Å². The molecule has 128 valence electrons. The van der Waals surface area contributed by atoms with Gasteiger partial charge in [-0.25, -0.2) is 4.98 Å². The molecule has 0 radical (unpaired) electrons. The average molecular weight is 357 g/mol. The fraction of sp³-hybridized carbons (Fsp3) is 0.188. The van der Waals surface area contributed by atoms with Crippen LogP contribution in [0.15, 0.2) is 35.4 Å². The molecule has 2 aromatic heterocycles. The monoisotopic (exact) mass is 357 g/mol. The molecule has 0 bridgehead atoms. The molecule has 0 aliphatic carbocycles. The smallest absolute Gasteiger partial charge is 0.273 e. The van der Waals surface area contributed by atoms with Gasteiger partial charge in [0.2, 0.25) is 5.91 Å². The fourth-order valence-electron chi connectivity index (χ4n) is 2.36. The van der Waals surface area contributed by atoms with Gasteiger partial charge in [-0.15, -0.1) is 0 Å². The first-order chi connectivity index (χ1) is 11.9. The predicted molar refractivity (Wildman–Crippen MR) is 94.8 cm³/mol. The maximum atomic E-state index is 12.5. The number of anilines is 1. The minimum atomic E-state index is -0.744. The van der Waals surface area contributed by atoms with Gasteiger partial charge in [-0.1, -0.05) is 12.1 Å². The second-order valence-corrected chi connectivity index (χ2v) is 6.32. The van der Waals surface area contributed by atoms with E-state index in [1.165, 1.54) is 15.8 Å². The van der Waals surface area contributed by atoms with E-state index in [1.807, 2.05) is 31.2 Å². The summed E-state index contributed by atoms with van der Waals surface area (Å²) >= 11 is 0.845. The Hall–Kier alpha value is -3.07. The number of aryl methyl sites for hydroxylation is 1. The summed E-state index contributed by atoms with van der Waals surface area (Å²) in [4.78, 5) is 41.8. The molecule has 25 heavy (non-hydrogen) atoms. The third kappa shape index (κ3) is 3.13. The minimum Gasteiger partial charge on any atom is -0.364 e. The predicted octanol–water partition coefficient (Wildman–Crippen LogP) is 0.923. The molecule has 0 unspecified atom stereocenters. The van der Waals surface area contributed by atoms with Crippen molar-refractivity contribution in [3.63, 3.8) is 0 Å². The zero-order chi connectivity index (χ0) is 18.1. The zero-order valence-electron chi connectivity index (χ0n) is 13.6. The number of amides is 2. The first kappa shape index (κ1) is 16.8. The van der Waals surface area contributed by atoms with Crippen molar-refractivity contribution in [1.29, 1.82) is 0 Å². The number of nitrogens with zero attached hydrogens (tertiary/aromatic N) is 4. The van der Waals surface area contributed by atoms with Crippen molar-refractivity contribution >= 4 is 39.3 Å². The highest BCUT2D eigenvalue weighted by Gasteiger charge is 2.18. The summed E-state index contributed by atoms with van der Waals surface area (Å²) in [5.74, 6) is -1.01. The standard InChI is InChI=1S/C16H15N5O3S/c1-9-4-3-5-10(6-9)20(2)11(22)7-21-8-18-12-13(15(17)23)19-25-14(12)16(21)24/h3-6,8H,7H2,1-2H3,(H2,17,23). The summed E-state index contributed by atoms with van der Waals surface area (Å²) in [6.07, 6.45) is 1.23. The third-order valence-corrected chi connectivity index (χ3v) is 4.58. The van der Waals surface area contributed by atoms with Crippen LogP contribution in [-0.2, 0) is 11.3 Å². The van der Waals surface area contributed by atoms with Gasteiger partial charge in [-0.3, -0.25) is 19.0 Å². The fourth-order valence-corrected chi connectivity index (χ4v) is 3.15. The lowest BCUT2D eigenvalue weighted by Gasteiger charge is -2.18. The lowest BCUT2D eigenvalue weighted by Crippen LogP contribution is -2.34. The molecule has 2 amide bonds. The Bertz CT molecular complexity index is 1040. The average Bonchev–Trinajstić information content (AvgIpc) is 3.01. The van der Waals surface area contributed by atoms with Gasteiger partial charge in [0, 0.05) is 12.7 Å². The number of nitrogens with two attached hydrogens (primary N) is 1. The van der Waals surface area contributed by atoms with Gasteiger partial charge in [0.1, 0.15) is 16.8 Å². The van der Waals surface area contributed by atoms with Crippen LogP contribution in [0.4, 0.5) is 5.69 Å². The topological polar surface area (TPSA) is 111 Å². The molecule has 8 nitrogen and oxygen atoms in total. The number of aromatic nitrogens is 3. The summed E-state index contributed by atoms with van der Waals surface area (Å²) in [7, 11) is 1.64. The molecule has 0 aliphatic heterocycles. The molecule has 0 saturated carbocycles. The molecule has 0 atom stereocenters. The highest BCUT2D eigenvalue weighted by molar-refractivity contribution is 7.13. The Balaban J connectivity index is 1.90. The van der Waals surface area contributed by atoms with E-state index in [0.29, 0.717) is 0 Å². The molecule has 0 fully saturated rings. The number of fused-ring (bicyclic) bond motifs is 1. The number of primary amides is 1. The Kier molecular flexibility index (Phi) is 4.32. The molecule has 3 aromatic rings. The summed E-state index contributed by atoms with van der Waals surface area (Å²) in [6.45, 7) is 1.76. The highest BCUT2D eigenvalue weighted by Crippen LogP contribution is 2.17. The van der Waals surface area contributed by atoms with E-state index in [2.05, 4.69) is 9.36 Å². The number of rotatable bonds is 4. The number of carbonyl (C=O) groups is 2. The van der Waals surface area contributed by atoms with Crippen molar-refractivity contribution in [2.75, 3.05) is 11.9 Å². The van der Waals surface area contributed by atoms with Gasteiger partial charge in [-0.05, 0) is 36.2 Å². The normalized spacial score (nSPS) is 10.8. The molecule has 2 heterocycles. The number of benzene rings is 1. The first-order valence-corrected chi connectivity index (χ1v) is 8.13. The number of hydrogen-bond acceptors (Lipinski definition) is 6. The largest absolute Gasteiger partial charge is 0.364 e. The van der Waals surface area contributed by atoms with Gasteiger partial charge in [-0.2, -0.15) is 4.37 Å². The quantitative estimate of drug-likeness (QED) is 0.746. The van der Waals surface area contributed by atoms with E-state index in [9.17, 15) is 14.4 Å². The second-order valence-electron chi connectivity index (χ2n) is 5.54. The van der Waals surface area contributed by atoms with E-state index in [1.54, 1.807) is 7.05 Å². The Morgan fingerprint density at radius 2 is 2.12 bits per heavy atom. The summed E-state index contributed by atoms with van der Waals surface area (Å²) in [5.41, 5.74) is 6.67.